The van der Waals surface area contributed by atoms with Gasteiger partial charge < -0.3 is 11.5 Å². The van der Waals surface area contributed by atoms with Gasteiger partial charge in [-0.05, 0) is 92.7 Å². The first-order valence-electron chi connectivity index (χ1n) is 12.5. The molecule has 0 unspecified atom stereocenters. The van der Waals surface area contributed by atoms with Crippen molar-refractivity contribution in [2.45, 2.75) is 0 Å². The molecule has 0 saturated carbocycles. The van der Waals surface area contributed by atoms with Gasteiger partial charge in [-0.2, -0.15) is 0 Å². The van der Waals surface area contributed by atoms with Crippen molar-refractivity contribution in [2.75, 3.05) is 11.5 Å². The molecule has 8 rings (SSSR count). The summed E-state index contributed by atoms with van der Waals surface area (Å²) in [6.45, 7) is 0. The van der Waals surface area contributed by atoms with Crippen LogP contribution in [0.3, 0.4) is 0 Å². The molecule has 4 N–H and O–H groups in total. The van der Waals surface area contributed by atoms with Gasteiger partial charge in [0.15, 0.2) is 11.6 Å². The fraction of sp³-hybridized carbons (Fsp3) is 0. The van der Waals surface area contributed by atoms with Gasteiger partial charge in [-0.25, -0.2) is 0 Å². The molecule has 6 aromatic carbocycles. The van der Waals surface area contributed by atoms with Gasteiger partial charge in [0.2, 0.25) is 0 Å². The zero-order valence-corrected chi connectivity index (χ0v) is 20.2. The minimum absolute atomic E-state index is 0.00226. The smallest absolute Gasteiger partial charge is 0.194 e. The zero-order chi connectivity index (χ0) is 25.7. The fourth-order valence-electron chi connectivity index (χ4n) is 6.32. The monoisotopic (exact) mass is 488 g/mol. The van der Waals surface area contributed by atoms with Crippen molar-refractivity contribution in [3.63, 3.8) is 0 Å². The first-order chi connectivity index (χ1) is 18.5. The highest BCUT2D eigenvalue weighted by Crippen LogP contribution is 2.46. The molecule has 6 aromatic rings. The maximum Gasteiger partial charge on any atom is 0.194 e. The number of benzene rings is 6. The van der Waals surface area contributed by atoms with Crippen LogP contribution in [0.4, 0.5) is 11.4 Å². The zero-order valence-electron chi connectivity index (χ0n) is 20.2. The molecule has 4 heteroatoms. The Kier molecular flexibility index (Phi) is 3.95. The number of anilines is 2. The normalized spacial score (nSPS) is 13.1. The van der Waals surface area contributed by atoms with E-state index in [1.54, 1.807) is 12.1 Å². The van der Waals surface area contributed by atoms with Crippen molar-refractivity contribution in [2.24, 2.45) is 0 Å². The summed E-state index contributed by atoms with van der Waals surface area (Å²) < 4.78 is 0. The van der Waals surface area contributed by atoms with E-state index >= 15 is 0 Å². The van der Waals surface area contributed by atoms with Gasteiger partial charge in [-0.3, -0.25) is 9.59 Å². The second-order valence-corrected chi connectivity index (χ2v) is 10.1. The maximum absolute atomic E-state index is 13.4. The van der Waals surface area contributed by atoms with Crippen molar-refractivity contribution in [3.8, 4) is 33.4 Å². The molecule has 178 valence electrons. The van der Waals surface area contributed by atoms with Gasteiger partial charge >= 0.3 is 0 Å². The molecule has 2 aliphatic carbocycles. The number of nitrogens with two attached hydrogens (primary N) is 2. The lowest BCUT2D eigenvalue weighted by molar-refractivity contribution is 0.103. The van der Waals surface area contributed by atoms with Crippen LogP contribution in [0.15, 0.2) is 97.1 Å². The van der Waals surface area contributed by atoms with E-state index in [9.17, 15) is 9.59 Å². The average Bonchev–Trinajstić information content (AvgIpc) is 2.93. The topological polar surface area (TPSA) is 86.2 Å². The van der Waals surface area contributed by atoms with Crippen LogP contribution < -0.4 is 11.5 Å². The van der Waals surface area contributed by atoms with E-state index < -0.39 is 0 Å². The van der Waals surface area contributed by atoms with Crippen molar-refractivity contribution >= 4 is 44.5 Å². The number of ketones is 2. The van der Waals surface area contributed by atoms with E-state index in [-0.39, 0.29) is 11.6 Å². The number of carbonyl (C=O) groups is 2. The summed E-state index contributed by atoms with van der Waals surface area (Å²) in [6, 6.07) is 31.4. The second-order valence-electron chi connectivity index (χ2n) is 10.1. The third kappa shape index (κ3) is 2.69. The highest BCUT2D eigenvalue weighted by atomic mass is 16.1. The van der Waals surface area contributed by atoms with Crippen molar-refractivity contribution in [1.82, 2.24) is 0 Å². The SMILES string of the molecule is Nc1cc2c3c(cc(-c4cc5c6c(cc(N)cc6c4)C(=O)c4ccccc4-5)cc3c1)-c1ccccc1C2=O. The van der Waals surface area contributed by atoms with E-state index in [4.69, 9.17) is 11.5 Å². The molecule has 0 heterocycles. The Bertz CT molecular complexity index is 1940. The highest BCUT2D eigenvalue weighted by Gasteiger charge is 2.28. The van der Waals surface area contributed by atoms with Crippen LogP contribution in [0.1, 0.15) is 31.8 Å². The largest absolute Gasteiger partial charge is 0.399 e. The molecule has 2 aliphatic rings. The van der Waals surface area contributed by atoms with Gasteiger partial charge in [-0.1, -0.05) is 48.5 Å². The molecule has 38 heavy (non-hydrogen) atoms. The standard InChI is InChI=1S/C34H20N2O2/c35-21-11-19-9-17(13-27-23-5-1-3-7-25(23)33(37)29(15-21)31(19)27)18-10-20-12-22(36)16-30-32(20)28(14-18)24-6-2-4-8-26(24)34(30)38/h1-16H,35-36H2. The fourth-order valence-corrected chi connectivity index (χ4v) is 6.32. The molecule has 0 aromatic heterocycles. The molecular weight excluding hydrogens is 468 g/mol. The van der Waals surface area contributed by atoms with Crippen molar-refractivity contribution in [3.05, 3.63) is 119 Å². The average molecular weight is 489 g/mol. The molecule has 0 amide bonds. The minimum Gasteiger partial charge on any atom is -0.399 e. The van der Waals surface area contributed by atoms with Gasteiger partial charge in [0.25, 0.3) is 0 Å². The Morgan fingerprint density at radius 2 is 0.789 bits per heavy atom. The first kappa shape index (κ1) is 20.9. The number of rotatable bonds is 1. The molecule has 0 atom stereocenters. The number of nitrogen functional groups attached to an aromatic ring is 2. The highest BCUT2D eigenvalue weighted by molar-refractivity contribution is 6.28. The van der Waals surface area contributed by atoms with Crippen LogP contribution in [0.2, 0.25) is 0 Å². The molecule has 0 radical (unpaired) electrons. The summed E-state index contributed by atoms with van der Waals surface area (Å²) in [5, 5.41) is 3.70. The summed E-state index contributed by atoms with van der Waals surface area (Å²) >= 11 is 0. The van der Waals surface area contributed by atoms with Crippen LogP contribution >= 0.6 is 0 Å². The van der Waals surface area contributed by atoms with E-state index in [0.717, 1.165) is 54.9 Å². The van der Waals surface area contributed by atoms with E-state index in [0.29, 0.717) is 33.6 Å². The van der Waals surface area contributed by atoms with E-state index in [1.165, 1.54) is 0 Å². The lowest BCUT2D eigenvalue weighted by Gasteiger charge is -2.23. The third-order valence-corrected chi connectivity index (χ3v) is 7.89. The van der Waals surface area contributed by atoms with Gasteiger partial charge in [0, 0.05) is 44.4 Å². The maximum atomic E-state index is 13.4. The molecule has 4 nitrogen and oxygen atoms in total. The number of fused-ring (bicyclic) bond motifs is 4. The van der Waals surface area contributed by atoms with Crippen LogP contribution in [0, 0.1) is 0 Å². The quantitative estimate of drug-likeness (QED) is 0.238. The predicted molar refractivity (Wildman–Crippen MR) is 153 cm³/mol. The van der Waals surface area contributed by atoms with Gasteiger partial charge in [0.05, 0.1) is 0 Å². The number of hydrogen-bond acceptors (Lipinski definition) is 4. The van der Waals surface area contributed by atoms with Crippen LogP contribution in [0.25, 0.3) is 54.9 Å². The second kappa shape index (κ2) is 7.17. The Labute approximate surface area is 218 Å². The molecule has 0 saturated heterocycles. The lowest BCUT2D eigenvalue weighted by Crippen LogP contribution is -2.11. The summed E-state index contributed by atoms with van der Waals surface area (Å²) in [5.74, 6) is -0.00452. The Hall–Kier alpha value is -5.22. The molecule has 0 bridgehead atoms. The van der Waals surface area contributed by atoms with Crippen LogP contribution in [-0.2, 0) is 0 Å². The van der Waals surface area contributed by atoms with Gasteiger partial charge in [-0.15, -0.1) is 0 Å². The van der Waals surface area contributed by atoms with Crippen LogP contribution in [0.5, 0.6) is 0 Å². The first-order valence-corrected chi connectivity index (χ1v) is 12.5. The Morgan fingerprint density at radius 3 is 1.21 bits per heavy atom. The van der Waals surface area contributed by atoms with Crippen LogP contribution in [-0.4, -0.2) is 11.6 Å². The summed E-state index contributed by atoms with van der Waals surface area (Å²) in [4.78, 5) is 26.7. The Balaban J connectivity index is 1.48. The molecule has 0 aliphatic heterocycles. The number of carbonyl (C=O) groups excluding carboxylic acids is 2. The lowest BCUT2D eigenvalue weighted by atomic mass is 9.79. The van der Waals surface area contributed by atoms with Crippen molar-refractivity contribution in [1.29, 1.82) is 0 Å². The molecule has 0 spiro atoms. The third-order valence-electron chi connectivity index (χ3n) is 7.89. The van der Waals surface area contributed by atoms with E-state index in [1.807, 2.05) is 60.7 Å². The van der Waals surface area contributed by atoms with E-state index in [2.05, 4.69) is 24.3 Å². The number of hydrogen-bond donors (Lipinski definition) is 2. The molecular formula is C34H20N2O2. The summed E-state index contributed by atoms with van der Waals surface area (Å²) in [5.41, 5.74) is 22.2. The Morgan fingerprint density at radius 1 is 0.395 bits per heavy atom. The summed E-state index contributed by atoms with van der Waals surface area (Å²) in [6.07, 6.45) is 0. The van der Waals surface area contributed by atoms with Gasteiger partial charge in [0.1, 0.15) is 0 Å². The molecule has 0 fully saturated rings. The minimum atomic E-state index is -0.00226. The van der Waals surface area contributed by atoms with Crippen molar-refractivity contribution < 1.29 is 9.59 Å². The summed E-state index contributed by atoms with van der Waals surface area (Å²) in [7, 11) is 0. The predicted octanol–water partition coefficient (Wildman–Crippen LogP) is 7.25.